The van der Waals surface area contributed by atoms with Crippen LogP contribution >= 0.6 is 0 Å². The normalized spacial score (nSPS) is 11.8. The first-order valence-electron chi connectivity index (χ1n) is 13.6. The van der Waals surface area contributed by atoms with Crippen molar-refractivity contribution in [3.63, 3.8) is 0 Å². The lowest BCUT2D eigenvalue weighted by Gasteiger charge is -2.25. The lowest BCUT2D eigenvalue weighted by atomic mass is 9.91. The van der Waals surface area contributed by atoms with Crippen LogP contribution in [0.5, 0.6) is 0 Å². The Kier molecular flexibility index (Phi) is 17.2. The molecular weight excluding hydrogens is 524 g/mol. The van der Waals surface area contributed by atoms with E-state index >= 15 is 0 Å². The molecule has 2 aromatic rings. The summed E-state index contributed by atoms with van der Waals surface area (Å²) in [6.07, 6.45) is 15.4. The molecule has 2 aromatic carbocycles. The lowest BCUT2D eigenvalue weighted by molar-refractivity contribution is 0.446. The Morgan fingerprint density at radius 1 is 0.526 bits per heavy atom. The van der Waals surface area contributed by atoms with E-state index in [0.717, 1.165) is 57.8 Å². The first-order chi connectivity index (χ1) is 17.1. The highest BCUT2D eigenvalue weighted by atomic mass is 32.2. The lowest BCUT2D eigenvalue weighted by Crippen LogP contribution is -2.15. The highest BCUT2D eigenvalue weighted by Crippen LogP contribution is 2.38. The summed E-state index contributed by atoms with van der Waals surface area (Å²) in [6.45, 7) is 4.32. The number of hydrogen-bond acceptors (Lipinski definition) is 6. The molecule has 8 N–H and O–H groups in total. The quantitative estimate of drug-likeness (QED) is 0.134. The third-order valence-corrected chi connectivity index (χ3v) is 8.91. The van der Waals surface area contributed by atoms with Crippen LogP contribution in [0.4, 0.5) is 0 Å². The van der Waals surface area contributed by atoms with Gasteiger partial charge in [0.1, 0.15) is 20.2 Å². The minimum Gasteiger partial charge on any atom is -0.744 e. The highest BCUT2D eigenvalue weighted by molar-refractivity contribution is 7.89. The van der Waals surface area contributed by atoms with Crippen LogP contribution in [-0.4, -0.2) is 25.9 Å². The van der Waals surface area contributed by atoms with Gasteiger partial charge in [0, 0.05) is 5.39 Å². The fourth-order valence-electron chi connectivity index (χ4n) is 5.08. The molecule has 0 aliphatic carbocycles. The zero-order valence-corrected chi connectivity index (χ0v) is 25.5. The van der Waals surface area contributed by atoms with Crippen LogP contribution in [-0.2, 0) is 33.1 Å². The Morgan fingerprint density at radius 2 is 0.895 bits per heavy atom. The summed E-state index contributed by atoms with van der Waals surface area (Å²) < 4.78 is 74.2. The molecule has 0 amide bonds. The molecule has 0 radical (unpaired) electrons. The number of hydrogen-bond donors (Lipinski definition) is 2. The van der Waals surface area contributed by atoms with Crippen LogP contribution in [0.2, 0.25) is 0 Å². The maximum atomic E-state index is 12.4. The molecule has 10 heteroatoms. The van der Waals surface area contributed by atoms with Crippen molar-refractivity contribution in [2.75, 3.05) is 0 Å². The Balaban J connectivity index is 0.00000684. The van der Waals surface area contributed by atoms with Crippen LogP contribution < -0.4 is 12.3 Å². The summed E-state index contributed by atoms with van der Waals surface area (Å²) in [7, 11) is -10.4. The van der Waals surface area contributed by atoms with Crippen molar-refractivity contribution in [1.29, 1.82) is 0 Å². The smallest absolute Gasteiger partial charge is 0.126 e. The largest absolute Gasteiger partial charge is 0.744 e. The van der Waals surface area contributed by atoms with Gasteiger partial charge in [-0.25, -0.2) is 16.8 Å². The van der Waals surface area contributed by atoms with Gasteiger partial charge in [0.15, 0.2) is 0 Å². The van der Waals surface area contributed by atoms with Crippen LogP contribution in [0.15, 0.2) is 34.1 Å². The number of quaternary nitrogens is 2. The molecule has 8 nitrogen and oxygen atoms in total. The second-order valence-corrected chi connectivity index (χ2v) is 12.4. The monoisotopic (exact) mass is 574 g/mol. The van der Waals surface area contributed by atoms with Crippen LogP contribution in [0.1, 0.15) is 115 Å². The topological polar surface area (TPSA) is 187 Å². The first kappa shape index (κ1) is 36.4. The van der Waals surface area contributed by atoms with Gasteiger partial charge in [-0.05, 0) is 42.2 Å². The zero-order chi connectivity index (χ0) is 26.6. The van der Waals surface area contributed by atoms with Crippen molar-refractivity contribution >= 4 is 31.0 Å². The van der Waals surface area contributed by atoms with Crippen molar-refractivity contribution in [2.24, 2.45) is 0 Å². The number of unbranched alkanes of at least 4 members (excludes halogenated alkanes) is 12. The molecule has 0 saturated carbocycles. The molecule has 0 aromatic heterocycles. The minimum atomic E-state index is -5.20. The second kappa shape index (κ2) is 17.9. The predicted octanol–water partition coefficient (Wildman–Crippen LogP) is 7.99. The van der Waals surface area contributed by atoms with Crippen LogP contribution in [0.25, 0.3) is 10.8 Å². The van der Waals surface area contributed by atoms with Gasteiger partial charge in [0.25, 0.3) is 0 Å². The van der Waals surface area contributed by atoms with E-state index < -0.39 is 30.0 Å². The summed E-state index contributed by atoms with van der Waals surface area (Å²) in [6, 6.07) is 6.48. The van der Waals surface area contributed by atoms with Crippen molar-refractivity contribution in [2.45, 2.75) is 126 Å². The van der Waals surface area contributed by atoms with Crippen molar-refractivity contribution in [3.8, 4) is 0 Å². The first-order valence-corrected chi connectivity index (χ1v) is 16.4. The van der Waals surface area contributed by atoms with Crippen LogP contribution in [0.3, 0.4) is 0 Å². The van der Waals surface area contributed by atoms with Gasteiger partial charge < -0.3 is 21.4 Å². The van der Waals surface area contributed by atoms with Crippen molar-refractivity contribution in [3.05, 3.63) is 35.4 Å². The van der Waals surface area contributed by atoms with Gasteiger partial charge in [-0.15, -0.1) is 0 Å². The maximum Gasteiger partial charge on any atom is 0.126 e. The summed E-state index contributed by atoms with van der Waals surface area (Å²) in [5.74, 6) is 0. The minimum absolute atomic E-state index is 0. The summed E-state index contributed by atoms with van der Waals surface area (Å²) in [5, 5.41) is 0.589. The summed E-state index contributed by atoms with van der Waals surface area (Å²) in [4.78, 5) is -1.70. The SMILES string of the molecule is CCCCCCCCCc1c(S(=O)(=O)[O-])c(S(=O)(=O)[O-])c2ccccc2c1CCCCCCCCC.[NH4+].[NH4+]. The molecule has 0 aliphatic heterocycles. The third kappa shape index (κ3) is 10.9. The molecule has 2 rings (SSSR count). The zero-order valence-electron chi connectivity index (χ0n) is 23.9. The molecule has 0 unspecified atom stereocenters. The molecule has 0 bridgehead atoms. The van der Waals surface area contributed by atoms with E-state index in [0.29, 0.717) is 23.8 Å². The van der Waals surface area contributed by atoms with E-state index in [2.05, 4.69) is 13.8 Å². The molecule has 0 fully saturated rings. The molecule has 0 spiro atoms. The molecule has 0 atom stereocenters. The highest BCUT2D eigenvalue weighted by Gasteiger charge is 2.26. The Hall–Kier alpha value is -1.56. The fraction of sp³-hybridized carbons (Fsp3) is 0.643. The molecule has 38 heavy (non-hydrogen) atoms. The molecular formula is C28H50N2O6S2. The van der Waals surface area contributed by atoms with Gasteiger partial charge >= 0.3 is 0 Å². The number of aryl methyl sites for hydroxylation is 1. The van der Waals surface area contributed by atoms with Gasteiger partial charge in [0.05, 0.1) is 9.79 Å². The van der Waals surface area contributed by atoms with Crippen molar-refractivity contribution < 1.29 is 25.9 Å². The van der Waals surface area contributed by atoms with Crippen molar-refractivity contribution in [1.82, 2.24) is 12.3 Å². The van der Waals surface area contributed by atoms with Gasteiger partial charge in [-0.2, -0.15) is 0 Å². The summed E-state index contributed by atoms with van der Waals surface area (Å²) >= 11 is 0. The van der Waals surface area contributed by atoms with E-state index in [1.54, 1.807) is 18.2 Å². The predicted molar refractivity (Wildman–Crippen MR) is 155 cm³/mol. The second-order valence-electron chi connectivity index (χ2n) is 9.81. The van der Waals surface area contributed by atoms with E-state index in [-0.39, 0.29) is 29.7 Å². The Bertz CT molecular complexity index is 1180. The van der Waals surface area contributed by atoms with Gasteiger partial charge in [-0.3, -0.25) is 0 Å². The van der Waals surface area contributed by atoms with E-state index in [9.17, 15) is 25.9 Å². The standard InChI is InChI=1S/C28H44O6S2.2H3N/c1-3-5-7-9-11-13-15-19-23-24-20-17-18-22-26(24)28(36(32,33)34)27(35(29,30)31)25(23)21-16-14-12-10-8-6-4-2;;/h17-18,20,22H,3-16,19,21H2,1-2H3,(H,29,30,31)(H,32,33,34);2*1H3. The maximum absolute atomic E-state index is 12.4. The van der Waals surface area contributed by atoms with Gasteiger partial charge in [-0.1, -0.05) is 115 Å². The molecule has 0 saturated heterocycles. The summed E-state index contributed by atoms with van der Waals surface area (Å²) in [5.41, 5.74) is 0.935. The molecule has 220 valence electrons. The average Bonchev–Trinajstić information content (AvgIpc) is 2.81. The number of benzene rings is 2. The van der Waals surface area contributed by atoms with Crippen LogP contribution in [0, 0.1) is 0 Å². The molecule has 0 aliphatic rings. The number of rotatable bonds is 18. The van der Waals surface area contributed by atoms with Gasteiger partial charge in [0.2, 0.25) is 0 Å². The third-order valence-electron chi connectivity index (χ3n) is 6.90. The average molecular weight is 575 g/mol. The van der Waals surface area contributed by atoms with E-state index in [4.69, 9.17) is 0 Å². The Morgan fingerprint density at radius 3 is 1.32 bits per heavy atom. The van der Waals surface area contributed by atoms with E-state index in [1.165, 1.54) is 31.7 Å². The van der Waals surface area contributed by atoms with E-state index in [1.807, 2.05) is 0 Å². The number of fused-ring (bicyclic) bond motifs is 1. The fourth-order valence-corrected chi connectivity index (χ4v) is 7.36. The Labute approximate surface area is 230 Å². The molecule has 0 heterocycles.